The number of nitrogens with one attached hydrogen (secondary N) is 1. The topological polar surface area (TPSA) is 67.2 Å². The molecule has 0 saturated carbocycles. The van der Waals surface area contributed by atoms with Gasteiger partial charge in [0.25, 0.3) is 0 Å². The molecule has 1 heterocycles. The van der Waals surface area contributed by atoms with Crippen molar-refractivity contribution in [1.29, 1.82) is 0 Å². The molecule has 0 unspecified atom stereocenters. The lowest BCUT2D eigenvalue weighted by molar-refractivity contribution is -0.135. The minimum absolute atomic E-state index is 0.0507. The first-order chi connectivity index (χ1) is 12.3. The maximum atomic E-state index is 12.6. The average molecular weight is 397 g/mol. The van der Waals surface area contributed by atoms with Gasteiger partial charge in [0.2, 0.25) is 11.8 Å². The summed E-state index contributed by atoms with van der Waals surface area (Å²) in [4.78, 5) is 26.5. The third kappa shape index (κ3) is 5.47. The summed E-state index contributed by atoms with van der Waals surface area (Å²) in [6, 6.07) is 6.73. The number of carbonyl (C=O) groups is 2. The molecule has 2 amide bonds. The van der Waals surface area contributed by atoms with E-state index in [1.165, 1.54) is 4.90 Å². The Kier molecular flexibility index (Phi) is 7.06. The number of hydrogen-bond donors (Lipinski definition) is 1. The van der Waals surface area contributed by atoms with Gasteiger partial charge < -0.3 is 10.2 Å². The number of anilines is 1. The molecule has 1 N–H and O–H groups in total. The van der Waals surface area contributed by atoms with Crippen molar-refractivity contribution in [3.05, 3.63) is 45.7 Å². The second kappa shape index (κ2) is 9.05. The van der Waals surface area contributed by atoms with Gasteiger partial charge in [-0.25, -0.2) is 0 Å². The summed E-state index contributed by atoms with van der Waals surface area (Å²) >= 11 is 11.9. The molecule has 0 radical (unpaired) electrons. The van der Waals surface area contributed by atoms with Crippen molar-refractivity contribution >= 4 is 40.7 Å². The van der Waals surface area contributed by atoms with Crippen molar-refractivity contribution in [1.82, 2.24) is 14.7 Å². The first-order valence-electron chi connectivity index (χ1n) is 8.34. The van der Waals surface area contributed by atoms with Crippen LogP contribution in [0.5, 0.6) is 0 Å². The molecule has 1 aromatic carbocycles. The number of nitrogens with zero attached hydrogens (tertiary/aromatic N) is 3. The van der Waals surface area contributed by atoms with Crippen LogP contribution in [0.1, 0.15) is 24.7 Å². The van der Waals surface area contributed by atoms with Crippen molar-refractivity contribution in [2.45, 2.75) is 33.7 Å². The van der Waals surface area contributed by atoms with Gasteiger partial charge in [0.15, 0.2) is 0 Å². The predicted octanol–water partition coefficient (Wildman–Crippen LogP) is 3.68. The molecule has 1 aromatic heterocycles. The Balaban J connectivity index is 2.03. The van der Waals surface area contributed by atoms with Crippen LogP contribution in [-0.4, -0.2) is 39.6 Å². The number of hydrogen-bond acceptors (Lipinski definition) is 3. The van der Waals surface area contributed by atoms with Crippen molar-refractivity contribution < 1.29 is 9.59 Å². The van der Waals surface area contributed by atoms with Crippen LogP contribution in [0.4, 0.5) is 5.69 Å². The molecule has 26 heavy (non-hydrogen) atoms. The van der Waals surface area contributed by atoms with E-state index in [0.717, 1.165) is 17.8 Å². The van der Waals surface area contributed by atoms with E-state index in [1.54, 1.807) is 22.9 Å². The van der Waals surface area contributed by atoms with Gasteiger partial charge in [0.05, 0.1) is 22.9 Å². The summed E-state index contributed by atoms with van der Waals surface area (Å²) in [5, 5.41) is 7.85. The normalized spacial score (nSPS) is 10.7. The van der Waals surface area contributed by atoms with E-state index in [4.69, 9.17) is 23.2 Å². The smallest absolute Gasteiger partial charge is 0.244 e. The maximum absolute atomic E-state index is 12.6. The van der Waals surface area contributed by atoms with Crippen LogP contribution in [0, 0.1) is 13.8 Å². The molecule has 2 rings (SSSR count). The lowest BCUT2D eigenvalue weighted by atomic mass is 10.3. The van der Waals surface area contributed by atoms with E-state index in [0.29, 0.717) is 22.3 Å². The van der Waals surface area contributed by atoms with E-state index in [-0.39, 0.29) is 24.9 Å². The molecule has 0 spiro atoms. The summed E-state index contributed by atoms with van der Waals surface area (Å²) in [5.74, 6) is -0.472. The van der Waals surface area contributed by atoms with Crippen LogP contribution < -0.4 is 5.32 Å². The minimum Gasteiger partial charge on any atom is -0.332 e. The third-order valence-electron chi connectivity index (χ3n) is 3.77. The molecule has 0 bridgehead atoms. The highest BCUT2D eigenvalue weighted by Gasteiger charge is 2.18. The van der Waals surface area contributed by atoms with E-state index in [9.17, 15) is 9.59 Å². The zero-order chi connectivity index (χ0) is 19.3. The van der Waals surface area contributed by atoms with E-state index < -0.39 is 0 Å². The van der Waals surface area contributed by atoms with Gasteiger partial charge in [0.1, 0.15) is 6.54 Å². The number of rotatable bonds is 7. The molecule has 0 aliphatic rings. The molecular formula is C18H22Cl2N4O2. The fourth-order valence-corrected chi connectivity index (χ4v) is 3.03. The van der Waals surface area contributed by atoms with E-state index >= 15 is 0 Å². The van der Waals surface area contributed by atoms with Crippen molar-refractivity contribution in [3.63, 3.8) is 0 Å². The Bertz CT molecular complexity index is 804. The molecular weight excluding hydrogens is 375 g/mol. The Morgan fingerprint density at radius 3 is 2.54 bits per heavy atom. The van der Waals surface area contributed by atoms with E-state index in [2.05, 4.69) is 10.4 Å². The average Bonchev–Trinajstić information content (AvgIpc) is 2.87. The van der Waals surface area contributed by atoms with Crippen LogP contribution in [0.25, 0.3) is 0 Å². The molecule has 0 fully saturated rings. The molecule has 0 aliphatic carbocycles. The fourth-order valence-electron chi connectivity index (χ4n) is 2.58. The maximum Gasteiger partial charge on any atom is 0.244 e. The molecule has 6 nitrogen and oxygen atoms in total. The van der Waals surface area contributed by atoms with Gasteiger partial charge in [-0.05, 0) is 44.5 Å². The van der Waals surface area contributed by atoms with Crippen LogP contribution >= 0.6 is 23.2 Å². The van der Waals surface area contributed by atoms with Gasteiger partial charge in [-0.15, -0.1) is 0 Å². The summed E-state index contributed by atoms with van der Waals surface area (Å²) in [6.45, 7) is 6.27. The second-order valence-electron chi connectivity index (χ2n) is 6.07. The highest BCUT2D eigenvalue weighted by molar-refractivity contribution is 6.36. The van der Waals surface area contributed by atoms with Gasteiger partial charge in [-0.1, -0.05) is 30.1 Å². The second-order valence-corrected chi connectivity index (χ2v) is 6.92. The van der Waals surface area contributed by atoms with E-state index in [1.807, 2.05) is 26.8 Å². The zero-order valence-corrected chi connectivity index (χ0v) is 16.6. The summed E-state index contributed by atoms with van der Waals surface area (Å²) in [7, 11) is 0. The highest BCUT2D eigenvalue weighted by Crippen LogP contribution is 2.25. The molecule has 0 aliphatic heterocycles. The first-order valence-corrected chi connectivity index (χ1v) is 9.09. The van der Waals surface area contributed by atoms with Gasteiger partial charge in [0, 0.05) is 17.3 Å². The molecule has 140 valence electrons. The number of aromatic nitrogens is 2. The Morgan fingerprint density at radius 1 is 1.23 bits per heavy atom. The number of halogens is 2. The Labute approximate surface area is 163 Å². The molecule has 0 atom stereocenters. The van der Waals surface area contributed by atoms with Crippen LogP contribution in [-0.2, 0) is 16.1 Å². The van der Waals surface area contributed by atoms with Gasteiger partial charge >= 0.3 is 0 Å². The van der Waals surface area contributed by atoms with Crippen molar-refractivity contribution in [2.75, 3.05) is 18.4 Å². The summed E-state index contributed by atoms with van der Waals surface area (Å²) in [5.41, 5.74) is 2.22. The van der Waals surface area contributed by atoms with Crippen molar-refractivity contribution in [3.8, 4) is 0 Å². The lowest BCUT2D eigenvalue weighted by Gasteiger charge is -2.22. The van der Waals surface area contributed by atoms with Crippen LogP contribution in [0.2, 0.25) is 10.0 Å². The molecule has 0 saturated heterocycles. The monoisotopic (exact) mass is 396 g/mol. The number of aryl methyl sites for hydroxylation is 2. The SMILES string of the molecule is CCCN(CC(=O)Nc1ccc(Cl)cc1Cl)C(=O)Cn1nc(C)cc1C. The summed E-state index contributed by atoms with van der Waals surface area (Å²) < 4.78 is 1.65. The lowest BCUT2D eigenvalue weighted by Crippen LogP contribution is -2.40. The number of carbonyl (C=O) groups excluding carboxylic acids is 2. The molecule has 8 heteroatoms. The number of amides is 2. The Morgan fingerprint density at radius 2 is 1.96 bits per heavy atom. The predicted molar refractivity (Wildman–Crippen MR) is 104 cm³/mol. The quantitative estimate of drug-likeness (QED) is 0.775. The zero-order valence-electron chi connectivity index (χ0n) is 15.1. The van der Waals surface area contributed by atoms with Gasteiger partial charge in [-0.3, -0.25) is 14.3 Å². The highest BCUT2D eigenvalue weighted by atomic mass is 35.5. The van der Waals surface area contributed by atoms with Gasteiger partial charge in [-0.2, -0.15) is 5.10 Å². The first kappa shape index (κ1) is 20.3. The van der Waals surface area contributed by atoms with Crippen LogP contribution in [0.3, 0.4) is 0 Å². The fraction of sp³-hybridized carbons (Fsp3) is 0.389. The Hall–Kier alpha value is -2.05. The van der Waals surface area contributed by atoms with Crippen molar-refractivity contribution in [2.24, 2.45) is 0 Å². The number of benzene rings is 1. The summed E-state index contributed by atoms with van der Waals surface area (Å²) in [6.07, 6.45) is 0.748. The largest absolute Gasteiger partial charge is 0.332 e. The standard InChI is InChI=1S/C18H22Cl2N4O2/c1-4-7-23(18(26)11-24-13(3)8-12(2)22-24)10-17(25)21-16-6-5-14(19)9-15(16)20/h5-6,8-9H,4,7,10-11H2,1-3H3,(H,21,25). The minimum atomic E-state index is -0.315. The third-order valence-corrected chi connectivity index (χ3v) is 4.32. The molecule has 2 aromatic rings. The van der Waals surface area contributed by atoms with Crippen LogP contribution in [0.15, 0.2) is 24.3 Å².